The van der Waals surface area contributed by atoms with E-state index < -0.39 is 91.9 Å². The number of benzene rings is 3. The summed E-state index contributed by atoms with van der Waals surface area (Å²) >= 11 is 16.8. The number of hydrogen-bond donors (Lipinski definition) is 0. The molecule has 0 N–H and O–H groups in total. The normalized spacial score (nSPS) is 10.6. The van der Waals surface area contributed by atoms with E-state index >= 15 is 0 Å². The molecule has 0 aliphatic carbocycles. The molecule has 11 nitrogen and oxygen atoms in total. The van der Waals surface area contributed by atoms with E-state index in [1.165, 1.54) is 20.8 Å². The van der Waals surface area contributed by atoms with Crippen LogP contribution < -0.4 is 9.47 Å². The molecule has 0 aliphatic rings. The van der Waals surface area contributed by atoms with Gasteiger partial charge >= 0.3 is 17.1 Å². The van der Waals surface area contributed by atoms with E-state index in [1.54, 1.807) is 0 Å². The zero-order valence-electron chi connectivity index (χ0n) is 25.7. The second kappa shape index (κ2) is 19.8. The molecular weight excluding hydrogens is 765 g/mol. The van der Waals surface area contributed by atoms with Crippen LogP contribution in [0.5, 0.6) is 11.5 Å². The molecule has 276 valence electrons. The highest BCUT2D eigenvalue weighted by atomic mass is 35.5. The van der Waals surface area contributed by atoms with E-state index in [4.69, 9.17) is 34.8 Å². The van der Waals surface area contributed by atoms with Gasteiger partial charge in [0.1, 0.15) is 30.6 Å². The lowest BCUT2D eigenvalue weighted by atomic mass is 10.1. The highest BCUT2D eigenvalue weighted by Crippen LogP contribution is 2.39. The summed E-state index contributed by atoms with van der Waals surface area (Å²) in [6.45, 7) is 2.59. The maximum atomic E-state index is 13.5. The number of alkyl halides is 4. The van der Waals surface area contributed by atoms with E-state index in [0.717, 1.165) is 0 Å². The number of nitro groups is 3. The number of hydrogen-bond acceptors (Lipinski definition) is 8. The first-order valence-electron chi connectivity index (χ1n) is 13.7. The monoisotopic (exact) mass is 787 g/mol. The number of ether oxygens (including phenoxy) is 2. The topological polar surface area (TPSA) is 148 Å². The molecule has 0 fully saturated rings. The number of halogens is 11. The van der Waals surface area contributed by atoms with Gasteiger partial charge in [-0.2, -0.15) is 8.78 Å². The van der Waals surface area contributed by atoms with Gasteiger partial charge in [-0.3, -0.25) is 30.3 Å². The van der Waals surface area contributed by atoms with Crippen LogP contribution in [-0.2, 0) is 19.3 Å². The number of nitro benzene ring substituents is 3. The first-order valence-corrected chi connectivity index (χ1v) is 14.8. The quantitative estimate of drug-likeness (QED) is 0.0762. The summed E-state index contributed by atoms with van der Waals surface area (Å²) in [4.78, 5) is 29.4. The van der Waals surface area contributed by atoms with Gasteiger partial charge in [0.05, 0.1) is 46.5 Å². The van der Waals surface area contributed by atoms with Crippen molar-refractivity contribution in [3.05, 3.63) is 104 Å². The Morgan fingerprint density at radius 1 is 0.560 bits per heavy atom. The van der Waals surface area contributed by atoms with Gasteiger partial charge in [0.2, 0.25) is 17.4 Å². The predicted molar refractivity (Wildman–Crippen MR) is 165 cm³/mol. The summed E-state index contributed by atoms with van der Waals surface area (Å²) in [6.07, 6.45) is -5.29. The van der Waals surface area contributed by atoms with Crippen molar-refractivity contribution in [1.29, 1.82) is 0 Å². The molecular formula is C28H24Cl3F8N3O8. The lowest BCUT2D eigenvalue weighted by Gasteiger charge is -2.11. The van der Waals surface area contributed by atoms with E-state index in [0.29, 0.717) is 18.2 Å². The molecule has 0 radical (unpaired) electrons. The van der Waals surface area contributed by atoms with Crippen LogP contribution in [0.15, 0.2) is 18.2 Å². The fraction of sp³-hybridized carbons (Fsp3) is 0.357. The minimum atomic E-state index is -2.81. The van der Waals surface area contributed by atoms with Gasteiger partial charge in [0.25, 0.3) is 12.9 Å². The number of rotatable bonds is 12. The van der Waals surface area contributed by atoms with Gasteiger partial charge in [-0.15, -0.1) is 0 Å². The van der Waals surface area contributed by atoms with Crippen molar-refractivity contribution in [1.82, 2.24) is 0 Å². The standard InChI is InChI=1S/2C10H9ClF3NO3.C8H6ClF2NO2/c1-2-5-9(11)7(18-4-8(13)14)3-6(12)10(5)15(16)17;1-2-5-9(11)6(12)3-7(10(5)15(16)17)18-4-8(13)14;1-2-4-7(9)5(10)3-6(11)8(4)12(13)14/h2*3,8H,2,4H2,1H3;3H,2H2,1H3. The summed E-state index contributed by atoms with van der Waals surface area (Å²) in [5.74, 6) is -5.15. The maximum Gasteiger partial charge on any atom is 0.315 e. The van der Waals surface area contributed by atoms with Crippen LogP contribution in [0.25, 0.3) is 0 Å². The molecule has 50 heavy (non-hydrogen) atoms. The largest absolute Gasteiger partial charge is 0.486 e. The fourth-order valence-corrected chi connectivity index (χ4v) is 4.89. The molecule has 0 atom stereocenters. The zero-order valence-corrected chi connectivity index (χ0v) is 28.0. The summed E-state index contributed by atoms with van der Waals surface area (Å²) in [5.41, 5.74) is -2.36. The van der Waals surface area contributed by atoms with Crippen LogP contribution in [0.3, 0.4) is 0 Å². The average molecular weight is 789 g/mol. The minimum Gasteiger partial charge on any atom is -0.486 e. The molecule has 0 aromatic heterocycles. The van der Waals surface area contributed by atoms with Gasteiger partial charge in [-0.1, -0.05) is 55.6 Å². The number of nitrogens with zero attached hydrogens (tertiary/aromatic N) is 3. The average Bonchev–Trinajstić information content (AvgIpc) is 3.02. The molecule has 0 aliphatic heterocycles. The smallest absolute Gasteiger partial charge is 0.315 e. The Kier molecular flexibility index (Phi) is 17.4. The molecule has 0 saturated carbocycles. The SMILES string of the molecule is CCc1c(Cl)c(F)cc(F)c1[N+](=O)[O-].CCc1c(Cl)c(F)cc(OCC(F)F)c1[N+](=O)[O-].CCc1c(Cl)c(OCC(F)F)cc(F)c1[N+](=O)[O-]. The molecule has 3 aromatic carbocycles. The summed E-state index contributed by atoms with van der Waals surface area (Å²) in [7, 11) is 0. The highest BCUT2D eigenvalue weighted by Gasteiger charge is 2.28. The van der Waals surface area contributed by atoms with Crippen molar-refractivity contribution in [3.63, 3.8) is 0 Å². The lowest BCUT2D eigenvalue weighted by molar-refractivity contribution is -0.388. The summed E-state index contributed by atoms with van der Waals surface area (Å²) < 4.78 is 110. The van der Waals surface area contributed by atoms with Gasteiger partial charge in [0, 0.05) is 18.2 Å². The van der Waals surface area contributed by atoms with Crippen molar-refractivity contribution in [3.8, 4) is 11.5 Å². The third-order valence-electron chi connectivity index (χ3n) is 6.08. The second-order valence-electron chi connectivity index (χ2n) is 9.21. The van der Waals surface area contributed by atoms with Crippen LogP contribution >= 0.6 is 34.8 Å². The molecule has 0 bridgehead atoms. The Bertz CT molecular complexity index is 1720. The van der Waals surface area contributed by atoms with E-state index in [-0.39, 0.29) is 51.7 Å². The first-order chi connectivity index (χ1) is 23.2. The van der Waals surface area contributed by atoms with Crippen LogP contribution in [-0.4, -0.2) is 40.8 Å². The summed E-state index contributed by atoms with van der Waals surface area (Å²) in [6, 6.07) is 1.70. The highest BCUT2D eigenvalue weighted by molar-refractivity contribution is 6.33. The van der Waals surface area contributed by atoms with Gasteiger partial charge in [-0.05, 0) is 19.3 Å². The maximum absolute atomic E-state index is 13.5. The van der Waals surface area contributed by atoms with Crippen molar-refractivity contribution >= 4 is 51.9 Å². The van der Waals surface area contributed by atoms with Gasteiger partial charge in [-0.25, -0.2) is 26.3 Å². The van der Waals surface area contributed by atoms with Crippen LogP contribution in [0.2, 0.25) is 15.1 Å². The Morgan fingerprint density at radius 3 is 1.26 bits per heavy atom. The Balaban J connectivity index is 0.000000378. The third-order valence-corrected chi connectivity index (χ3v) is 7.31. The molecule has 3 rings (SSSR count). The van der Waals surface area contributed by atoms with E-state index in [1.807, 2.05) is 0 Å². The van der Waals surface area contributed by atoms with Crippen molar-refractivity contribution in [2.45, 2.75) is 52.9 Å². The molecule has 0 amide bonds. The molecule has 0 heterocycles. The molecule has 0 spiro atoms. The first kappa shape index (κ1) is 43.8. The Hall–Kier alpha value is -4.23. The minimum absolute atomic E-state index is 0.0778. The fourth-order valence-electron chi connectivity index (χ4n) is 4.01. The van der Waals surface area contributed by atoms with Gasteiger partial charge < -0.3 is 9.47 Å². The van der Waals surface area contributed by atoms with Crippen molar-refractivity contribution in [2.24, 2.45) is 0 Å². The molecule has 3 aromatic rings. The Morgan fingerprint density at radius 2 is 0.880 bits per heavy atom. The lowest BCUT2D eigenvalue weighted by Crippen LogP contribution is -2.10. The zero-order chi connectivity index (χ0) is 38.6. The second-order valence-corrected chi connectivity index (χ2v) is 10.3. The van der Waals surface area contributed by atoms with Crippen molar-refractivity contribution < 1.29 is 59.4 Å². The molecule has 22 heteroatoms. The van der Waals surface area contributed by atoms with Crippen molar-refractivity contribution in [2.75, 3.05) is 13.2 Å². The van der Waals surface area contributed by atoms with Crippen LogP contribution in [0, 0.1) is 53.6 Å². The molecule has 0 unspecified atom stereocenters. The molecule has 0 saturated heterocycles. The third kappa shape index (κ3) is 11.4. The van der Waals surface area contributed by atoms with E-state index in [2.05, 4.69) is 9.47 Å². The van der Waals surface area contributed by atoms with E-state index in [9.17, 15) is 65.5 Å². The Labute approximate surface area is 292 Å². The summed E-state index contributed by atoms with van der Waals surface area (Å²) in [5, 5.41) is 31.0. The van der Waals surface area contributed by atoms with Gasteiger partial charge in [0.15, 0.2) is 0 Å². The predicted octanol–water partition coefficient (Wildman–Crippen LogP) is 10.3. The van der Waals surface area contributed by atoms with Crippen LogP contribution in [0.1, 0.15) is 37.5 Å². The van der Waals surface area contributed by atoms with Crippen LogP contribution in [0.4, 0.5) is 52.2 Å².